The fourth-order valence-electron chi connectivity index (χ4n) is 11.7. The number of aryl methyl sites for hydroxylation is 2. The van der Waals surface area contributed by atoms with Crippen LogP contribution in [-0.2, 0) is 0 Å². The van der Waals surface area contributed by atoms with E-state index >= 15 is 0 Å². The normalized spacial score (nSPS) is 21.0. The van der Waals surface area contributed by atoms with Gasteiger partial charge < -0.3 is 19.1 Å². The van der Waals surface area contributed by atoms with Crippen LogP contribution in [0.4, 0.5) is 28.4 Å². The quantitative estimate of drug-likeness (QED) is 0.166. The smallest absolute Gasteiger partial charge is 0.0723 e. The summed E-state index contributed by atoms with van der Waals surface area (Å²) in [6, 6.07) is 46.2. The van der Waals surface area contributed by atoms with Crippen LogP contribution in [0.3, 0.4) is 0 Å². The molecule has 4 heterocycles. The molecule has 0 bridgehead atoms. The molecular weight excluding hydrogens is 753 g/mol. The van der Waals surface area contributed by atoms with Gasteiger partial charge in [-0.2, -0.15) is 0 Å². The van der Waals surface area contributed by atoms with Gasteiger partial charge in [-0.3, -0.25) is 0 Å². The van der Waals surface area contributed by atoms with E-state index in [1.165, 1.54) is 106 Å². The first kappa shape index (κ1) is 35.7. The van der Waals surface area contributed by atoms with Gasteiger partial charge in [0, 0.05) is 72.7 Å². The van der Waals surface area contributed by atoms with Crippen LogP contribution in [0, 0.1) is 19.8 Å². The zero-order valence-corrected chi connectivity index (χ0v) is 35.7. The van der Waals surface area contributed by atoms with Crippen LogP contribution >= 0.6 is 0 Å². The molecule has 6 aromatic carbocycles. The molecule has 4 atom stereocenters. The Bertz CT molecular complexity index is 3390. The zero-order chi connectivity index (χ0) is 41.4. The third-order valence-corrected chi connectivity index (χ3v) is 14.5. The molecule has 0 radical (unpaired) electrons. The molecule has 0 saturated carbocycles. The van der Waals surface area contributed by atoms with Gasteiger partial charge in [0.05, 0.1) is 34.3 Å². The molecule has 300 valence electrons. The summed E-state index contributed by atoms with van der Waals surface area (Å²) in [7, 11) is 0. The lowest BCUT2D eigenvalue weighted by atomic mass is 9.82. The van der Waals surface area contributed by atoms with Crippen molar-refractivity contribution in [1.82, 2.24) is 9.30 Å². The van der Waals surface area contributed by atoms with E-state index in [0.717, 1.165) is 18.5 Å². The Labute approximate surface area is 363 Å². The van der Waals surface area contributed by atoms with Crippen molar-refractivity contribution in [3.8, 4) is 0 Å². The van der Waals surface area contributed by atoms with Gasteiger partial charge >= 0.3 is 0 Å². The van der Waals surface area contributed by atoms with E-state index in [0.29, 0.717) is 5.92 Å². The average molecular weight is 801 g/mol. The molecule has 0 spiro atoms. The second-order valence-electron chi connectivity index (χ2n) is 18.3. The number of aromatic nitrogens is 1. The summed E-state index contributed by atoms with van der Waals surface area (Å²) in [5.74, 6) is 0.717. The fourth-order valence-corrected chi connectivity index (χ4v) is 11.7. The van der Waals surface area contributed by atoms with Crippen LogP contribution in [0.1, 0.15) is 54.9 Å². The molecule has 4 heteroatoms. The lowest BCUT2D eigenvalue weighted by molar-refractivity contribution is 0.369. The Morgan fingerprint density at radius 1 is 0.677 bits per heavy atom. The maximum Gasteiger partial charge on any atom is 0.0723 e. The molecule has 2 aromatic heterocycles. The van der Waals surface area contributed by atoms with E-state index in [9.17, 15) is 0 Å². The van der Waals surface area contributed by atoms with E-state index in [1.54, 1.807) is 0 Å². The van der Waals surface area contributed by atoms with Gasteiger partial charge in [-0.1, -0.05) is 122 Å². The highest BCUT2D eigenvalue weighted by molar-refractivity contribution is 6.28. The van der Waals surface area contributed by atoms with Gasteiger partial charge in [-0.25, -0.2) is 0 Å². The Morgan fingerprint density at radius 3 is 2.39 bits per heavy atom. The van der Waals surface area contributed by atoms with Crippen molar-refractivity contribution >= 4 is 72.1 Å². The Hall–Kier alpha value is -7.04. The van der Waals surface area contributed by atoms with Gasteiger partial charge in [0.15, 0.2) is 0 Å². The van der Waals surface area contributed by atoms with Crippen molar-refractivity contribution in [3.63, 3.8) is 0 Å². The summed E-state index contributed by atoms with van der Waals surface area (Å²) in [6.07, 6.45) is 21.2. The first-order chi connectivity index (χ1) is 30.4. The van der Waals surface area contributed by atoms with Gasteiger partial charge in [-0.05, 0) is 116 Å². The number of allylic oxidation sites excluding steroid dienone is 6. The maximum absolute atomic E-state index is 2.69. The summed E-state index contributed by atoms with van der Waals surface area (Å²) in [4.78, 5) is 7.86. The number of anilines is 5. The molecule has 0 N–H and O–H groups in total. The fraction of sp³-hybridized carbons (Fsp3) is 0.172. The third kappa shape index (κ3) is 4.89. The number of rotatable bonds is 6. The van der Waals surface area contributed by atoms with Crippen molar-refractivity contribution in [1.29, 1.82) is 0 Å². The molecule has 2 aliphatic heterocycles. The van der Waals surface area contributed by atoms with E-state index < -0.39 is 0 Å². The summed E-state index contributed by atoms with van der Waals surface area (Å²) in [6.45, 7) is 9.09. The van der Waals surface area contributed by atoms with E-state index in [1.807, 2.05) is 0 Å². The second-order valence-corrected chi connectivity index (χ2v) is 18.3. The molecule has 0 amide bonds. The Balaban J connectivity index is 1.04. The highest BCUT2D eigenvalue weighted by atomic mass is 15.2. The number of nitrogens with zero attached hydrogens (tertiary/aromatic N) is 4. The van der Waals surface area contributed by atoms with Crippen molar-refractivity contribution < 1.29 is 0 Å². The van der Waals surface area contributed by atoms with Gasteiger partial charge in [0.1, 0.15) is 0 Å². The standard InChI is InChI=1S/C58H48N4/c1-35-23-25-37(3)51(31-35)59(39-15-7-5-8-16-39)49-29-27-41-45-33-54-46(34-53(45)61-47-21-13-11-19-43(47)55(49)57(41)61)42-28-30-50(56-44-20-12-14-22-48(44)62(54)58(42)56)60(40-17-9-6-10-18-40)52-32-36(2)24-26-38(52)4/h5-17,19-23,25-34,36,40,42,58H,18,24H2,1-4H3/t36?,40?,42-,58?/m1/s1. The topological polar surface area (TPSA) is 14.1 Å². The van der Waals surface area contributed by atoms with Crippen LogP contribution in [0.15, 0.2) is 187 Å². The largest absolute Gasteiger partial charge is 0.334 e. The van der Waals surface area contributed by atoms with E-state index in [2.05, 4.69) is 217 Å². The minimum absolute atomic E-state index is 0.182. The maximum atomic E-state index is 2.69. The summed E-state index contributed by atoms with van der Waals surface area (Å²) < 4.78 is 2.58. The van der Waals surface area contributed by atoms with Crippen molar-refractivity contribution in [3.05, 3.63) is 209 Å². The van der Waals surface area contributed by atoms with Crippen LogP contribution in [0.5, 0.6) is 0 Å². The molecule has 13 rings (SSSR count). The number of hydrogen-bond acceptors (Lipinski definition) is 3. The third-order valence-electron chi connectivity index (χ3n) is 14.5. The molecule has 3 unspecified atom stereocenters. The number of para-hydroxylation sites is 3. The lowest BCUT2D eigenvalue weighted by Crippen LogP contribution is -2.37. The molecule has 62 heavy (non-hydrogen) atoms. The van der Waals surface area contributed by atoms with Crippen molar-refractivity contribution in [2.75, 3.05) is 9.80 Å². The number of fused-ring (bicyclic) bond motifs is 12. The van der Waals surface area contributed by atoms with Crippen molar-refractivity contribution in [2.24, 2.45) is 5.92 Å². The Morgan fingerprint density at radius 2 is 1.52 bits per heavy atom. The molecule has 0 saturated heterocycles. The second kappa shape index (κ2) is 13.2. The molecular formula is C58H48N4. The summed E-state index contributed by atoms with van der Waals surface area (Å²) in [5.41, 5.74) is 20.8. The number of hydrogen-bond donors (Lipinski definition) is 0. The van der Waals surface area contributed by atoms with Crippen LogP contribution < -0.4 is 9.80 Å². The van der Waals surface area contributed by atoms with Gasteiger partial charge in [0.25, 0.3) is 0 Å². The van der Waals surface area contributed by atoms with Gasteiger partial charge in [-0.15, -0.1) is 0 Å². The summed E-state index contributed by atoms with van der Waals surface area (Å²) >= 11 is 0. The molecule has 3 aliphatic carbocycles. The molecule has 0 fully saturated rings. The van der Waals surface area contributed by atoms with Crippen LogP contribution in [-0.4, -0.2) is 21.4 Å². The predicted molar refractivity (Wildman–Crippen MR) is 261 cm³/mol. The van der Waals surface area contributed by atoms with Gasteiger partial charge in [0.2, 0.25) is 0 Å². The molecule has 5 aliphatic rings. The van der Waals surface area contributed by atoms with Crippen molar-refractivity contribution in [2.45, 2.75) is 58.5 Å². The summed E-state index contributed by atoms with van der Waals surface area (Å²) in [5, 5.41) is 5.17. The predicted octanol–water partition coefficient (Wildman–Crippen LogP) is 14.9. The molecule has 8 aromatic rings. The number of benzene rings is 6. The molecule has 4 nitrogen and oxygen atoms in total. The van der Waals surface area contributed by atoms with Crippen LogP contribution in [0.25, 0.3) is 43.7 Å². The van der Waals surface area contributed by atoms with Crippen LogP contribution in [0.2, 0.25) is 0 Å². The Kier molecular flexibility index (Phi) is 7.62. The van der Waals surface area contributed by atoms with E-state index in [-0.39, 0.29) is 18.0 Å². The first-order valence-corrected chi connectivity index (χ1v) is 22.4. The highest BCUT2D eigenvalue weighted by Crippen LogP contribution is 2.61. The monoisotopic (exact) mass is 800 g/mol. The zero-order valence-electron chi connectivity index (χ0n) is 35.7. The highest BCUT2D eigenvalue weighted by Gasteiger charge is 2.50. The lowest BCUT2D eigenvalue weighted by Gasteiger charge is -2.40. The van der Waals surface area contributed by atoms with E-state index in [4.69, 9.17) is 0 Å². The minimum atomic E-state index is 0.182. The first-order valence-electron chi connectivity index (χ1n) is 22.4. The SMILES string of the molecule is CC1=CCC(C)C=C1N(C1=C2c3ccccc3N3c4cc5c6ccc(N(c7ccccc7)c7cc(C)ccc7C)c7c8ccccc8n(c5cc4[C@@H](C=C1)C23)c67)C1C=CC=CC1. The average Bonchev–Trinajstić information content (AvgIpc) is 4.03. The minimum Gasteiger partial charge on any atom is -0.334 e.